The molecule has 1 atom stereocenters. The van der Waals surface area contributed by atoms with E-state index in [0.29, 0.717) is 13.0 Å². The van der Waals surface area contributed by atoms with Crippen LogP contribution in [0.25, 0.3) is 0 Å². The van der Waals surface area contributed by atoms with E-state index in [-0.39, 0.29) is 31.1 Å². The molecule has 0 aliphatic carbocycles. The number of carbonyl (C=O) groups excluding carboxylic acids is 2. The molecule has 3 N–H and O–H groups in total. The first-order chi connectivity index (χ1) is 12.0. The summed E-state index contributed by atoms with van der Waals surface area (Å²) in [6.07, 6.45) is -0.360. The zero-order valence-electron chi connectivity index (χ0n) is 13.6. The number of nitrogens with zero attached hydrogens (tertiary/aromatic N) is 1. The smallest absolute Gasteiger partial charge is 0.309 e. The highest BCUT2D eigenvalue weighted by Crippen LogP contribution is 2.21. The fourth-order valence-corrected chi connectivity index (χ4v) is 3.93. The number of sulfonamides is 1. The van der Waals surface area contributed by atoms with E-state index in [1.54, 1.807) is 18.2 Å². The van der Waals surface area contributed by atoms with E-state index in [9.17, 15) is 18.0 Å². The average molecular weight is 371 g/mol. The minimum atomic E-state index is -3.77. The van der Waals surface area contributed by atoms with Crippen LogP contribution in [-0.4, -0.2) is 68.7 Å². The largest absolute Gasteiger partial charge is 0.395 e. The van der Waals surface area contributed by atoms with Gasteiger partial charge in [-0.15, -0.1) is 0 Å². The van der Waals surface area contributed by atoms with Gasteiger partial charge < -0.3 is 20.5 Å². The number of carbonyl (C=O) groups is 2. The van der Waals surface area contributed by atoms with Crippen LogP contribution in [0, 0.1) is 0 Å². The molecule has 2 rings (SSSR count). The molecule has 0 radical (unpaired) electrons. The molecule has 1 aliphatic rings. The molecule has 1 fully saturated rings. The lowest BCUT2D eigenvalue weighted by molar-refractivity contribution is -0.140. The molecule has 1 heterocycles. The van der Waals surface area contributed by atoms with E-state index in [1.165, 1.54) is 16.4 Å². The number of nitrogens with one attached hydrogen (secondary N) is 2. The topological polar surface area (TPSA) is 125 Å². The maximum atomic E-state index is 12.7. The summed E-state index contributed by atoms with van der Waals surface area (Å²) in [7, 11) is -3.77. The molecule has 9 nitrogen and oxygen atoms in total. The van der Waals surface area contributed by atoms with Gasteiger partial charge in [0, 0.05) is 13.1 Å². The van der Waals surface area contributed by atoms with Crippen LogP contribution in [0.1, 0.15) is 6.42 Å². The summed E-state index contributed by atoms with van der Waals surface area (Å²) in [6, 6.07) is 7.94. The van der Waals surface area contributed by atoms with Gasteiger partial charge in [0.25, 0.3) is 0 Å². The molecule has 1 aromatic carbocycles. The van der Waals surface area contributed by atoms with E-state index >= 15 is 0 Å². The average Bonchev–Trinajstić information content (AvgIpc) is 2.65. The van der Waals surface area contributed by atoms with Crippen molar-refractivity contribution in [2.75, 3.05) is 32.8 Å². The minimum absolute atomic E-state index is 0.0410. The second kappa shape index (κ2) is 8.90. The molecule has 25 heavy (non-hydrogen) atoms. The molecular weight excluding hydrogens is 350 g/mol. The number of amides is 2. The van der Waals surface area contributed by atoms with Crippen molar-refractivity contribution in [1.82, 2.24) is 14.9 Å². The highest BCUT2D eigenvalue weighted by Gasteiger charge is 2.34. The summed E-state index contributed by atoms with van der Waals surface area (Å²) < 4.78 is 32.1. The second-order valence-corrected chi connectivity index (χ2v) is 7.19. The monoisotopic (exact) mass is 371 g/mol. The fourth-order valence-electron chi connectivity index (χ4n) is 2.34. The Morgan fingerprint density at radius 2 is 1.88 bits per heavy atom. The highest BCUT2D eigenvalue weighted by molar-refractivity contribution is 7.89. The van der Waals surface area contributed by atoms with Crippen molar-refractivity contribution >= 4 is 21.8 Å². The molecule has 1 aliphatic heterocycles. The molecule has 0 saturated carbocycles. The number of aliphatic hydroxyl groups is 1. The summed E-state index contributed by atoms with van der Waals surface area (Å²) in [6.45, 7) is 0.137. The van der Waals surface area contributed by atoms with Gasteiger partial charge in [-0.25, -0.2) is 8.42 Å². The number of aliphatic hydroxyl groups excluding tert-OH is 1. The molecule has 10 heteroatoms. The van der Waals surface area contributed by atoms with Crippen molar-refractivity contribution in [3.05, 3.63) is 30.3 Å². The zero-order chi connectivity index (χ0) is 18.3. The summed E-state index contributed by atoms with van der Waals surface area (Å²) in [4.78, 5) is 23.3. The Hall–Kier alpha value is -2.01. The van der Waals surface area contributed by atoms with Gasteiger partial charge in [0.15, 0.2) is 0 Å². The Morgan fingerprint density at radius 3 is 2.56 bits per heavy atom. The van der Waals surface area contributed by atoms with E-state index < -0.39 is 28.1 Å². The molecule has 0 spiro atoms. The molecular formula is C15H21N3O6S. The van der Waals surface area contributed by atoms with Crippen molar-refractivity contribution in [2.45, 2.75) is 17.5 Å². The Morgan fingerprint density at radius 1 is 1.20 bits per heavy atom. The standard InChI is InChI=1S/C15H21N3O6S/c19-9-7-16-14(20)15(21)17-11-13-18(8-4-10-24-13)25(22,23)12-5-2-1-3-6-12/h1-3,5-6,13,19H,4,7-11H2,(H,16,20)(H,17,21)/t13-/m0/s1. The van der Waals surface area contributed by atoms with Crippen LogP contribution in [0.3, 0.4) is 0 Å². The van der Waals surface area contributed by atoms with Gasteiger partial charge in [-0.1, -0.05) is 18.2 Å². The lowest BCUT2D eigenvalue weighted by Gasteiger charge is -2.34. The number of hydrogen-bond donors (Lipinski definition) is 3. The van der Waals surface area contributed by atoms with Crippen LogP contribution in [0.15, 0.2) is 35.2 Å². The normalized spacial score (nSPS) is 18.5. The van der Waals surface area contributed by atoms with Crippen LogP contribution in [0.2, 0.25) is 0 Å². The molecule has 0 bridgehead atoms. The minimum Gasteiger partial charge on any atom is -0.395 e. The predicted octanol–water partition coefficient (Wildman–Crippen LogP) is -1.35. The van der Waals surface area contributed by atoms with Gasteiger partial charge in [-0.05, 0) is 18.6 Å². The lowest BCUT2D eigenvalue weighted by atomic mass is 10.3. The van der Waals surface area contributed by atoms with Crippen molar-refractivity contribution < 1.29 is 27.9 Å². The third-order valence-electron chi connectivity index (χ3n) is 3.54. The van der Waals surface area contributed by atoms with Crippen LogP contribution < -0.4 is 10.6 Å². The second-order valence-electron chi connectivity index (χ2n) is 5.30. The van der Waals surface area contributed by atoms with E-state index in [2.05, 4.69) is 10.6 Å². The van der Waals surface area contributed by atoms with E-state index in [4.69, 9.17) is 9.84 Å². The maximum absolute atomic E-state index is 12.7. The number of benzene rings is 1. The van der Waals surface area contributed by atoms with Gasteiger partial charge in [0.1, 0.15) is 6.23 Å². The summed E-state index contributed by atoms with van der Waals surface area (Å²) in [5.74, 6) is -1.82. The number of rotatable bonds is 6. The van der Waals surface area contributed by atoms with Gasteiger partial charge in [0.05, 0.1) is 24.7 Å². The molecule has 0 aromatic heterocycles. The molecule has 1 saturated heterocycles. The quantitative estimate of drug-likeness (QED) is 0.531. The fraction of sp³-hybridized carbons (Fsp3) is 0.467. The molecule has 0 unspecified atom stereocenters. The first-order valence-corrected chi connectivity index (χ1v) is 9.26. The van der Waals surface area contributed by atoms with Crippen molar-refractivity contribution in [2.24, 2.45) is 0 Å². The lowest BCUT2D eigenvalue weighted by Crippen LogP contribution is -2.53. The Bertz CT molecular complexity index is 694. The van der Waals surface area contributed by atoms with E-state index in [0.717, 1.165) is 0 Å². The zero-order valence-corrected chi connectivity index (χ0v) is 14.4. The van der Waals surface area contributed by atoms with Crippen LogP contribution in [0.5, 0.6) is 0 Å². The van der Waals surface area contributed by atoms with Crippen molar-refractivity contribution in [3.63, 3.8) is 0 Å². The number of hydrogen-bond acceptors (Lipinski definition) is 6. The molecule has 1 aromatic rings. The van der Waals surface area contributed by atoms with Gasteiger partial charge >= 0.3 is 11.8 Å². The van der Waals surface area contributed by atoms with Crippen molar-refractivity contribution in [1.29, 1.82) is 0 Å². The summed E-state index contributed by atoms with van der Waals surface area (Å²) in [5.41, 5.74) is 0. The molecule has 2 amide bonds. The van der Waals surface area contributed by atoms with Crippen molar-refractivity contribution in [3.8, 4) is 0 Å². The third kappa shape index (κ3) is 4.98. The summed E-state index contributed by atoms with van der Waals surface area (Å²) >= 11 is 0. The first-order valence-electron chi connectivity index (χ1n) is 7.82. The van der Waals surface area contributed by atoms with Crippen LogP contribution >= 0.6 is 0 Å². The highest BCUT2D eigenvalue weighted by atomic mass is 32.2. The van der Waals surface area contributed by atoms with Crippen LogP contribution in [-0.2, 0) is 24.3 Å². The molecule has 138 valence electrons. The Labute approximate surface area is 146 Å². The number of ether oxygens (including phenoxy) is 1. The van der Waals surface area contributed by atoms with Crippen LogP contribution in [0.4, 0.5) is 0 Å². The predicted molar refractivity (Wildman–Crippen MR) is 87.8 cm³/mol. The van der Waals surface area contributed by atoms with Gasteiger partial charge in [0.2, 0.25) is 10.0 Å². The van der Waals surface area contributed by atoms with Gasteiger partial charge in [-0.2, -0.15) is 4.31 Å². The Balaban J connectivity index is 2.03. The summed E-state index contributed by atoms with van der Waals surface area (Å²) in [5, 5.41) is 13.2. The van der Waals surface area contributed by atoms with E-state index in [1.807, 2.05) is 0 Å². The maximum Gasteiger partial charge on any atom is 0.309 e. The first kappa shape index (κ1) is 19.3. The SMILES string of the molecule is O=C(NCCO)C(=O)NC[C@@H]1OCCCN1S(=O)(=O)c1ccccc1. The van der Waals surface area contributed by atoms with Gasteiger partial charge in [-0.3, -0.25) is 9.59 Å². The third-order valence-corrected chi connectivity index (χ3v) is 5.45. The Kier molecular flexibility index (Phi) is 6.88.